The van der Waals surface area contributed by atoms with E-state index < -0.39 is 0 Å². The van der Waals surface area contributed by atoms with Gasteiger partial charge in [0.05, 0.1) is 11.3 Å². The smallest absolute Gasteiger partial charge is 0.277 e. The van der Waals surface area contributed by atoms with Crippen LogP contribution in [0.15, 0.2) is 41.2 Å². The molecule has 4 heteroatoms. The van der Waals surface area contributed by atoms with Crippen molar-refractivity contribution in [1.29, 1.82) is 0 Å². The second kappa shape index (κ2) is 5.61. The van der Waals surface area contributed by atoms with E-state index in [0.29, 0.717) is 12.2 Å². The second-order valence-corrected chi connectivity index (χ2v) is 4.39. The van der Waals surface area contributed by atoms with Crippen LogP contribution in [0.1, 0.15) is 30.6 Å². The summed E-state index contributed by atoms with van der Waals surface area (Å²) < 4.78 is 1.37. The number of carbonyl (C=O) groups is 1. The molecule has 0 unspecified atom stereocenters. The van der Waals surface area contributed by atoms with Gasteiger partial charge in [-0.25, -0.2) is 4.68 Å². The number of Topliss-reactive ketones (excluding diaryl/α,β-unsaturated/α-hetero) is 1. The highest BCUT2D eigenvalue weighted by molar-refractivity contribution is 5.94. The Morgan fingerprint density at radius 2 is 1.95 bits per heavy atom. The lowest BCUT2D eigenvalue weighted by Crippen LogP contribution is -2.28. The quantitative estimate of drug-likeness (QED) is 0.790. The number of hydrogen-bond donors (Lipinski definition) is 0. The standard InChI is InChI=1S/C15H16N2O2/c1-3-9-17-15(19)13(11(2)18)10-14(16-17)12-7-5-4-6-8-12/h4-8,10H,3,9H2,1-2H3. The van der Waals surface area contributed by atoms with Crippen LogP contribution in [0.25, 0.3) is 11.3 Å². The fourth-order valence-electron chi connectivity index (χ4n) is 1.91. The van der Waals surface area contributed by atoms with E-state index >= 15 is 0 Å². The molecule has 1 aromatic carbocycles. The zero-order chi connectivity index (χ0) is 13.8. The van der Waals surface area contributed by atoms with Gasteiger partial charge in [-0.1, -0.05) is 37.3 Å². The number of rotatable bonds is 4. The van der Waals surface area contributed by atoms with Gasteiger partial charge in [0.25, 0.3) is 5.56 Å². The molecule has 19 heavy (non-hydrogen) atoms. The van der Waals surface area contributed by atoms with E-state index in [1.807, 2.05) is 37.3 Å². The highest BCUT2D eigenvalue weighted by Crippen LogP contribution is 2.16. The summed E-state index contributed by atoms with van der Waals surface area (Å²) in [4.78, 5) is 23.6. The van der Waals surface area contributed by atoms with Crippen molar-refractivity contribution in [1.82, 2.24) is 9.78 Å². The number of aromatic nitrogens is 2. The van der Waals surface area contributed by atoms with Crippen LogP contribution in [0.5, 0.6) is 0 Å². The Bertz CT molecular complexity index is 645. The van der Waals surface area contributed by atoms with Crippen molar-refractivity contribution in [3.05, 3.63) is 52.3 Å². The Hall–Kier alpha value is -2.23. The zero-order valence-electron chi connectivity index (χ0n) is 11.1. The second-order valence-electron chi connectivity index (χ2n) is 4.39. The first-order chi connectivity index (χ1) is 9.13. The first kappa shape index (κ1) is 13.2. The van der Waals surface area contributed by atoms with E-state index in [1.165, 1.54) is 11.6 Å². The molecule has 2 rings (SSSR count). The molecule has 0 aliphatic carbocycles. The third-order valence-electron chi connectivity index (χ3n) is 2.86. The third kappa shape index (κ3) is 2.78. The molecule has 0 bridgehead atoms. The molecule has 98 valence electrons. The van der Waals surface area contributed by atoms with E-state index in [4.69, 9.17) is 0 Å². The Kier molecular flexibility index (Phi) is 3.90. The minimum absolute atomic E-state index is 0.197. The van der Waals surface area contributed by atoms with Crippen molar-refractivity contribution in [2.75, 3.05) is 0 Å². The molecule has 0 spiro atoms. The van der Waals surface area contributed by atoms with Gasteiger partial charge in [-0.15, -0.1) is 0 Å². The van der Waals surface area contributed by atoms with Gasteiger partial charge < -0.3 is 0 Å². The maximum atomic E-state index is 12.1. The van der Waals surface area contributed by atoms with Crippen LogP contribution in [-0.4, -0.2) is 15.6 Å². The topological polar surface area (TPSA) is 52.0 Å². The minimum Gasteiger partial charge on any atom is -0.294 e. The number of ketones is 1. The van der Waals surface area contributed by atoms with Gasteiger partial charge in [0.15, 0.2) is 5.78 Å². The highest BCUT2D eigenvalue weighted by Gasteiger charge is 2.12. The summed E-state index contributed by atoms with van der Waals surface area (Å²) >= 11 is 0. The summed E-state index contributed by atoms with van der Waals surface area (Å²) in [6.45, 7) is 3.89. The van der Waals surface area contributed by atoms with E-state index in [-0.39, 0.29) is 16.9 Å². The maximum Gasteiger partial charge on any atom is 0.277 e. The molecule has 0 fully saturated rings. The van der Waals surface area contributed by atoms with Crippen LogP contribution in [0.2, 0.25) is 0 Å². The maximum absolute atomic E-state index is 12.1. The molecule has 0 N–H and O–H groups in total. The van der Waals surface area contributed by atoms with Gasteiger partial charge in [0, 0.05) is 12.1 Å². The fourth-order valence-corrected chi connectivity index (χ4v) is 1.91. The SMILES string of the molecule is CCCn1nc(-c2ccccc2)cc(C(C)=O)c1=O. The Morgan fingerprint density at radius 1 is 1.26 bits per heavy atom. The van der Waals surface area contributed by atoms with Crippen LogP contribution in [0, 0.1) is 0 Å². The first-order valence-corrected chi connectivity index (χ1v) is 6.32. The third-order valence-corrected chi connectivity index (χ3v) is 2.86. The van der Waals surface area contributed by atoms with Crippen molar-refractivity contribution in [3.63, 3.8) is 0 Å². The molecule has 1 heterocycles. The monoisotopic (exact) mass is 256 g/mol. The molecular formula is C15H16N2O2. The number of aryl methyl sites for hydroxylation is 1. The summed E-state index contributed by atoms with van der Waals surface area (Å²) in [5.41, 5.74) is 1.44. The van der Waals surface area contributed by atoms with Gasteiger partial charge in [0.1, 0.15) is 0 Å². The number of hydrogen-bond acceptors (Lipinski definition) is 3. The summed E-state index contributed by atoms with van der Waals surface area (Å²) in [5, 5.41) is 4.33. The van der Waals surface area contributed by atoms with Gasteiger partial charge in [-0.05, 0) is 19.4 Å². The lowest BCUT2D eigenvalue weighted by atomic mass is 10.1. The van der Waals surface area contributed by atoms with E-state index in [1.54, 1.807) is 6.07 Å². The lowest BCUT2D eigenvalue weighted by Gasteiger charge is -2.08. The molecule has 0 atom stereocenters. The fraction of sp³-hybridized carbons (Fsp3) is 0.267. The van der Waals surface area contributed by atoms with Crippen LogP contribution in [0.3, 0.4) is 0 Å². The van der Waals surface area contributed by atoms with Crippen molar-refractivity contribution < 1.29 is 4.79 Å². The highest BCUT2D eigenvalue weighted by atomic mass is 16.1. The van der Waals surface area contributed by atoms with Gasteiger partial charge in [-0.3, -0.25) is 9.59 Å². The Balaban J connectivity index is 2.63. The van der Waals surface area contributed by atoms with Crippen LogP contribution >= 0.6 is 0 Å². The average molecular weight is 256 g/mol. The Labute approximate surface area is 111 Å². The molecule has 0 amide bonds. The molecule has 2 aromatic rings. The van der Waals surface area contributed by atoms with Gasteiger partial charge in [0.2, 0.25) is 0 Å². The molecule has 4 nitrogen and oxygen atoms in total. The van der Waals surface area contributed by atoms with Crippen molar-refractivity contribution in [3.8, 4) is 11.3 Å². The number of nitrogens with zero attached hydrogens (tertiary/aromatic N) is 2. The van der Waals surface area contributed by atoms with Gasteiger partial charge >= 0.3 is 0 Å². The molecule has 0 aliphatic heterocycles. The lowest BCUT2D eigenvalue weighted by molar-refractivity contribution is 0.101. The summed E-state index contributed by atoms with van der Waals surface area (Å²) in [7, 11) is 0. The minimum atomic E-state index is -0.311. The molecular weight excluding hydrogens is 240 g/mol. The average Bonchev–Trinajstić information content (AvgIpc) is 2.42. The Morgan fingerprint density at radius 3 is 2.53 bits per heavy atom. The predicted molar refractivity (Wildman–Crippen MR) is 74.2 cm³/mol. The molecule has 0 saturated carbocycles. The van der Waals surface area contributed by atoms with E-state index in [0.717, 1.165) is 12.0 Å². The van der Waals surface area contributed by atoms with Crippen LogP contribution in [0.4, 0.5) is 0 Å². The van der Waals surface area contributed by atoms with Crippen molar-refractivity contribution >= 4 is 5.78 Å². The zero-order valence-corrected chi connectivity index (χ0v) is 11.1. The van der Waals surface area contributed by atoms with Crippen LogP contribution in [-0.2, 0) is 6.54 Å². The number of benzene rings is 1. The van der Waals surface area contributed by atoms with Crippen molar-refractivity contribution in [2.24, 2.45) is 0 Å². The largest absolute Gasteiger partial charge is 0.294 e. The van der Waals surface area contributed by atoms with Crippen LogP contribution < -0.4 is 5.56 Å². The molecule has 0 aliphatic rings. The first-order valence-electron chi connectivity index (χ1n) is 6.32. The molecule has 0 saturated heterocycles. The van der Waals surface area contributed by atoms with E-state index in [9.17, 15) is 9.59 Å². The summed E-state index contributed by atoms with van der Waals surface area (Å²) in [6.07, 6.45) is 0.794. The molecule has 0 radical (unpaired) electrons. The number of carbonyl (C=O) groups excluding carboxylic acids is 1. The summed E-state index contributed by atoms with van der Waals surface area (Å²) in [5.74, 6) is -0.227. The predicted octanol–water partition coefficient (Wildman–Crippen LogP) is 2.52. The van der Waals surface area contributed by atoms with Crippen molar-refractivity contribution in [2.45, 2.75) is 26.8 Å². The normalized spacial score (nSPS) is 10.4. The van der Waals surface area contributed by atoms with Gasteiger partial charge in [-0.2, -0.15) is 5.10 Å². The van der Waals surface area contributed by atoms with E-state index in [2.05, 4.69) is 5.10 Å². The summed E-state index contributed by atoms with van der Waals surface area (Å²) in [6, 6.07) is 11.1. The molecule has 1 aromatic heterocycles.